The van der Waals surface area contributed by atoms with Crippen molar-refractivity contribution in [2.45, 2.75) is 50.2 Å². The molecule has 0 aromatic heterocycles. The Labute approximate surface area is 211 Å². The topological polar surface area (TPSA) is 35.6 Å². The van der Waals surface area contributed by atoms with Crippen LogP contribution in [0.15, 0.2) is 91.0 Å². The Kier molecular flexibility index (Phi) is 8.37. The first-order valence-electron chi connectivity index (χ1n) is 12.8. The third-order valence-corrected chi connectivity index (χ3v) is 7.53. The lowest BCUT2D eigenvalue weighted by Gasteiger charge is -2.42. The Balaban J connectivity index is 1.50. The van der Waals surface area contributed by atoms with E-state index in [0.717, 1.165) is 50.0 Å². The van der Waals surface area contributed by atoms with Crippen LogP contribution in [0.2, 0.25) is 0 Å². The van der Waals surface area contributed by atoms with Gasteiger partial charge in [-0.25, -0.2) is 0 Å². The maximum Gasteiger partial charge on any atom is 0.237 e. The first-order valence-corrected chi connectivity index (χ1v) is 12.8. The van der Waals surface area contributed by atoms with Crippen molar-refractivity contribution in [2.24, 2.45) is 0 Å². The number of nitrogens with zero attached hydrogens (tertiary/aromatic N) is 2. The van der Waals surface area contributed by atoms with Crippen LogP contribution in [-0.2, 0) is 16.8 Å². The second-order valence-corrected chi connectivity index (χ2v) is 10.1. The number of nitrogens with one attached hydrogen (secondary N) is 1. The summed E-state index contributed by atoms with van der Waals surface area (Å²) in [6.45, 7) is 5.18. The van der Waals surface area contributed by atoms with Crippen LogP contribution in [0, 0.1) is 0 Å². The van der Waals surface area contributed by atoms with E-state index in [1.54, 1.807) is 4.90 Å². The van der Waals surface area contributed by atoms with Crippen molar-refractivity contribution in [3.8, 4) is 0 Å². The van der Waals surface area contributed by atoms with Crippen LogP contribution in [0.4, 0.5) is 0 Å². The van der Waals surface area contributed by atoms with Crippen molar-refractivity contribution in [1.82, 2.24) is 15.1 Å². The van der Waals surface area contributed by atoms with Gasteiger partial charge < -0.3 is 15.1 Å². The minimum absolute atomic E-state index is 0.141. The zero-order valence-electron chi connectivity index (χ0n) is 21.4. The minimum Gasteiger partial charge on any atom is -0.348 e. The predicted octanol–water partition coefficient (Wildman–Crippen LogP) is 5.09. The Morgan fingerprint density at radius 1 is 0.914 bits per heavy atom. The molecule has 0 radical (unpaired) electrons. The van der Waals surface area contributed by atoms with Crippen molar-refractivity contribution in [1.29, 1.82) is 0 Å². The Bertz CT molecular complexity index is 1010. The minimum atomic E-state index is -0.700. The van der Waals surface area contributed by atoms with Crippen molar-refractivity contribution >= 4 is 5.91 Å². The molecule has 2 unspecified atom stereocenters. The summed E-state index contributed by atoms with van der Waals surface area (Å²) < 4.78 is 0. The molecule has 3 aromatic carbocycles. The van der Waals surface area contributed by atoms with E-state index in [2.05, 4.69) is 71.7 Å². The molecular formula is C31H39N3O. The molecule has 4 heteroatoms. The maximum atomic E-state index is 13.9. The number of hydrogen-bond acceptors (Lipinski definition) is 3. The highest BCUT2D eigenvalue weighted by Crippen LogP contribution is 2.38. The van der Waals surface area contributed by atoms with Crippen molar-refractivity contribution < 1.29 is 4.79 Å². The quantitative estimate of drug-likeness (QED) is 0.474. The number of likely N-dealkylation sites (N-methyl/N-ethyl adjacent to an activating group) is 1. The fraction of sp³-hybridized carbons (Fsp3) is 0.387. The summed E-state index contributed by atoms with van der Waals surface area (Å²) >= 11 is 0. The summed E-state index contributed by atoms with van der Waals surface area (Å²) in [5.74, 6) is 0.141. The number of carbonyl (C=O) groups is 1. The molecule has 184 valence electrons. The van der Waals surface area contributed by atoms with E-state index in [1.807, 2.05) is 50.5 Å². The highest BCUT2D eigenvalue weighted by atomic mass is 16.2. The summed E-state index contributed by atoms with van der Waals surface area (Å²) in [7, 11) is 3.74. The molecule has 0 saturated carbocycles. The normalized spacial score (nSPS) is 18.8. The van der Waals surface area contributed by atoms with E-state index in [1.165, 1.54) is 5.56 Å². The second-order valence-electron chi connectivity index (χ2n) is 10.1. The predicted molar refractivity (Wildman–Crippen MR) is 144 cm³/mol. The van der Waals surface area contributed by atoms with Gasteiger partial charge in [-0.05, 0) is 49.4 Å². The first-order chi connectivity index (χ1) is 17.0. The lowest BCUT2D eigenvalue weighted by Crippen LogP contribution is -2.51. The number of rotatable bonds is 9. The van der Waals surface area contributed by atoms with Crippen LogP contribution in [-0.4, -0.2) is 55.0 Å². The Hall–Kier alpha value is -2.95. The smallest absolute Gasteiger partial charge is 0.237 e. The lowest BCUT2D eigenvalue weighted by molar-refractivity contribution is -0.133. The summed E-state index contributed by atoms with van der Waals surface area (Å²) in [5, 5.41) is 3.76. The Morgan fingerprint density at radius 3 is 1.97 bits per heavy atom. The van der Waals surface area contributed by atoms with Gasteiger partial charge in [-0.15, -0.1) is 0 Å². The molecule has 4 rings (SSSR count). The second kappa shape index (κ2) is 11.7. The van der Waals surface area contributed by atoms with Gasteiger partial charge in [0, 0.05) is 39.3 Å². The van der Waals surface area contributed by atoms with Crippen LogP contribution < -0.4 is 5.32 Å². The molecule has 0 spiro atoms. The molecule has 2 atom stereocenters. The largest absolute Gasteiger partial charge is 0.348 e. The number of carbonyl (C=O) groups excluding carboxylic acids is 1. The average Bonchev–Trinajstić information content (AvgIpc) is 2.90. The summed E-state index contributed by atoms with van der Waals surface area (Å²) in [6.07, 6.45) is 3.01. The third-order valence-electron chi connectivity index (χ3n) is 7.53. The highest BCUT2D eigenvalue weighted by Gasteiger charge is 2.43. The number of likely N-dealkylation sites (tertiary alicyclic amines) is 1. The lowest BCUT2D eigenvalue weighted by atomic mass is 9.70. The van der Waals surface area contributed by atoms with Crippen LogP contribution in [0.25, 0.3) is 0 Å². The molecule has 3 aromatic rings. The van der Waals surface area contributed by atoms with Gasteiger partial charge in [-0.2, -0.15) is 0 Å². The van der Waals surface area contributed by atoms with E-state index < -0.39 is 5.41 Å². The molecule has 35 heavy (non-hydrogen) atoms. The van der Waals surface area contributed by atoms with Crippen LogP contribution in [0.5, 0.6) is 0 Å². The zero-order chi connectivity index (χ0) is 24.7. The molecule has 1 N–H and O–H groups in total. The van der Waals surface area contributed by atoms with Gasteiger partial charge in [-0.3, -0.25) is 4.79 Å². The molecule has 4 nitrogen and oxygen atoms in total. The van der Waals surface area contributed by atoms with Gasteiger partial charge in [0.15, 0.2) is 0 Å². The van der Waals surface area contributed by atoms with Gasteiger partial charge in [0.25, 0.3) is 0 Å². The van der Waals surface area contributed by atoms with E-state index in [0.29, 0.717) is 12.1 Å². The zero-order valence-corrected chi connectivity index (χ0v) is 21.4. The van der Waals surface area contributed by atoms with E-state index >= 15 is 0 Å². The number of hydrogen-bond donors (Lipinski definition) is 1. The van der Waals surface area contributed by atoms with Crippen LogP contribution in [0.1, 0.15) is 42.9 Å². The molecule has 0 bridgehead atoms. The standard InChI is InChI=1S/C31H39N3O/c1-25-23-29(32-24-26-13-7-4-8-14-26)19-21-34(25)22-20-31(30(35)33(2)3,27-15-9-5-10-16-27)28-17-11-6-12-18-28/h4-18,25,29,32H,19-24H2,1-3H3. The van der Waals surface area contributed by atoms with Crippen molar-refractivity contribution in [3.63, 3.8) is 0 Å². The molecule has 1 amide bonds. The first kappa shape index (κ1) is 25.2. The fourth-order valence-electron chi connectivity index (χ4n) is 5.54. The average molecular weight is 470 g/mol. The van der Waals surface area contributed by atoms with Crippen LogP contribution >= 0.6 is 0 Å². The van der Waals surface area contributed by atoms with Gasteiger partial charge in [0.1, 0.15) is 5.41 Å². The monoisotopic (exact) mass is 469 g/mol. The van der Waals surface area contributed by atoms with Crippen LogP contribution in [0.3, 0.4) is 0 Å². The van der Waals surface area contributed by atoms with E-state index in [4.69, 9.17) is 0 Å². The summed E-state index contributed by atoms with van der Waals surface area (Å²) in [4.78, 5) is 18.2. The molecule has 1 fully saturated rings. The molecular weight excluding hydrogens is 430 g/mol. The van der Waals surface area contributed by atoms with Gasteiger partial charge in [-0.1, -0.05) is 91.0 Å². The van der Waals surface area contributed by atoms with E-state index in [9.17, 15) is 4.79 Å². The van der Waals surface area contributed by atoms with E-state index in [-0.39, 0.29) is 5.91 Å². The summed E-state index contributed by atoms with van der Waals surface area (Å²) in [6, 6.07) is 32.3. The molecule has 0 aliphatic carbocycles. The van der Waals surface area contributed by atoms with Crippen molar-refractivity contribution in [3.05, 3.63) is 108 Å². The maximum absolute atomic E-state index is 13.9. The summed E-state index contributed by atoms with van der Waals surface area (Å²) in [5.41, 5.74) is 2.77. The SMILES string of the molecule is CC1CC(NCc2ccccc2)CCN1CCC(C(=O)N(C)C)(c1ccccc1)c1ccccc1. The fourth-order valence-corrected chi connectivity index (χ4v) is 5.54. The number of amides is 1. The van der Waals surface area contributed by atoms with Gasteiger partial charge in [0.05, 0.1) is 0 Å². The van der Waals surface area contributed by atoms with Gasteiger partial charge >= 0.3 is 0 Å². The van der Waals surface area contributed by atoms with Gasteiger partial charge in [0.2, 0.25) is 5.91 Å². The highest BCUT2D eigenvalue weighted by molar-refractivity contribution is 5.91. The molecule has 1 heterocycles. The number of benzene rings is 3. The molecule has 1 aliphatic heterocycles. The number of piperidine rings is 1. The third kappa shape index (κ3) is 5.83. The molecule has 1 saturated heterocycles. The molecule has 1 aliphatic rings. The van der Waals surface area contributed by atoms with Crippen molar-refractivity contribution in [2.75, 3.05) is 27.2 Å². The Morgan fingerprint density at radius 2 is 1.46 bits per heavy atom.